The molecule has 1 aliphatic rings. The lowest BCUT2D eigenvalue weighted by molar-refractivity contribution is -0.000420. The molecule has 0 spiro atoms. The number of nitrogens with zero attached hydrogens (tertiary/aromatic N) is 2. The number of ether oxygens (including phenoxy) is 1. The van der Waals surface area contributed by atoms with Crippen LogP contribution in [0.5, 0.6) is 0 Å². The van der Waals surface area contributed by atoms with E-state index in [0.717, 1.165) is 26.2 Å². The van der Waals surface area contributed by atoms with Gasteiger partial charge in [0.05, 0.1) is 12.7 Å². The lowest BCUT2D eigenvalue weighted by Crippen LogP contribution is -2.48. The topological polar surface area (TPSA) is 35.9 Å². The summed E-state index contributed by atoms with van der Waals surface area (Å²) in [5, 5.41) is 10.5. The van der Waals surface area contributed by atoms with Gasteiger partial charge in [-0.25, -0.2) is 4.39 Å². The standard InChI is InChI=1S/C18H28ClFN2O2/c1-14(2)12-24-13-15(23)10-21-6-8-22(9-7-21)11-16-17(19)4-3-5-18(16)20/h3-5,14-15,23H,6-13H2,1-2H3. The molecular weight excluding hydrogens is 331 g/mol. The predicted molar refractivity (Wildman–Crippen MR) is 94.8 cm³/mol. The predicted octanol–water partition coefficient (Wildman–Crippen LogP) is 2.63. The van der Waals surface area contributed by atoms with E-state index in [2.05, 4.69) is 23.6 Å². The van der Waals surface area contributed by atoms with Crippen LogP contribution < -0.4 is 0 Å². The van der Waals surface area contributed by atoms with Crippen LogP contribution in [0.3, 0.4) is 0 Å². The minimum absolute atomic E-state index is 0.248. The number of piperazine rings is 1. The third-order valence-corrected chi connectivity index (χ3v) is 4.49. The zero-order valence-corrected chi connectivity index (χ0v) is 15.3. The smallest absolute Gasteiger partial charge is 0.129 e. The van der Waals surface area contributed by atoms with Crippen LogP contribution in [0.15, 0.2) is 18.2 Å². The second-order valence-corrected chi connectivity index (χ2v) is 7.27. The van der Waals surface area contributed by atoms with Crippen molar-refractivity contribution in [2.24, 2.45) is 5.92 Å². The number of rotatable bonds is 8. The average Bonchev–Trinajstić information content (AvgIpc) is 2.52. The van der Waals surface area contributed by atoms with Crippen LogP contribution in [0.4, 0.5) is 4.39 Å². The molecule has 1 aromatic rings. The van der Waals surface area contributed by atoms with Gasteiger partial charge < -0.3 is 9.84 Å². The fourth-order valence-corrected chi connectivity index (χ4v) is 3.05. The molecule has 1 heterocycles. The Kier molecular flexibility index (Phi) is 7.91. The van der Waals surface area contributed by atoms with Crippen LogP contribution >= 0.6 is 11.6 Å². The highest BCUT2D eigenvalue weighted by Gasteiger charge is 2.21. The van der Waals surface area contributed by atoms with Gasteiger partial charge in [0.2, 0.25) is 0 Å². The molecule has 1 aromatic carbocycles. The number of aliphatic hydroxyl groups excluding tert-OH is 1. The van der Waals surface area contributed by atoms with Crippen molar-refractivity contribution in [1.82, 2.24) is 9.80 Å². The first-order chi connectivity index (χ1) is 11.5. The number of benzene rings is 1. The normalized spacial score (nSPS) is 18.2. The molecule has 1 fully saturated rings. The third kappa shape index (κ3) is 6.30. The molecule has 1 atom stereocenters. The summed E-state index contributed by atoms with van der Waals surface area (Å²) in [6.45, 7) is 9.76. The van der Waals surface area contributed by atoms with Crippen LogP contribution in [0, 0.1) is 11.7 Å². The fourth-order valence-electron chi connectivity index (χ4n) is 2.83. The van der Waals surface area contributed by atoms with Crippen molar-refractivity contribution in [2.75, 3.05) is 45.9 Å². The first-order valence-electron chi connectivity index (χ1n) is 8.59. The maximum Gasteiger partial charge on any atom is 0.129 e. The Morgan fingerprint density at radius 2 is 1.83 bits per heavy atom. The van der Waals surface area contributed by atoms with Crippen LogP contribution in [0.25, 0.3) is 0 Å². The Labute approximate surface area is 149 Å². The molecule has 1 N–H and O–H groups in total. The molecule has 136 valence electrons. The SMILES string of the molecule is CC(C)COCC(O)CN1CCN(Cc2c(F)cccc2Cl)CC1. The van der Waals surface area contributed by atoms with Crippen molar-refractivity contribution in [3.8, 4) is 0 Å². The molecule has 1 saturated heterocycles. The molecule has 0 bridgehead atoms. The van der Waals surface area contributed by atoms with Crippen LogP contribution in [-0.2, 0) is 11.3 Å². The monoisotopic (exact) mass is 358 g/mol. The summed E-state index contributed by atoms with van der Waals surface area (Å²) in [5.41, 5.74) is 0.565. The van der Waals surface area contributed by atoms with E-state index >= 15 is 0 Å². The molecule has 0 aromatic heterocycles. The van der Waals surface area contributed by atoms with Crippen LogP contribution in [0.1, 0.15) is 19.4 Å². The summed E-state index contributed by atoms with van der Waals surface area (Å²) in [6.07, 6.45) is -0.462. The minimum atomic E-state index is -0.462. The lowest BCUT2D eigenvalue weighted by atomic mass is 10.1. The second kappa shape index (κ2) is 9.68. The van der Waals surface area contributed by atoms with Crippen molar-refractivity contribution in [1.29, 1.82) is 0 Å². The Morgan fingerprint density at radius 3 is 2.46 bits per heavy atom. The molecular formula is C18H28ClFN2O2. The number of β-amino-alcohol motifs (C(OH)–C–C–N with tert-alkyl or cyclic N) is 1. The van der Waals surface area contributed by atoms with E-state index in [-0.39, 0.29) is 5.82 Å². The van der Waals surface area contributed by atoms with Gasteiger partial charge in [-0.1, -0.05) is 31.5 Å². The van der Waals surface area contributed by atoms with E-state index in [9.17, 15) is 9.50 Å². The second-order valence-electron chi connectivity index (χ2n) is 6.86. The third-order valence-electron chi connectivity index (χ3n) is 4.14. The van der Waals surface area contributed by atoms with Crippen LogP contribution in [-0.4, -0.2) is 66.9 Å². The van der Waals surface area contributed by atoms with Crippen molar-refractivity contribution in [3.05, 3.63) is 34.6 Å². The lowest BCUT2D eigenvalue weighted by Gasteiger charge is -2.35. The molecule has 0 amide bonds. The van der Waals surface area contributed by atoms with E-state index in [1.54, 1.807) is 12.1 Å². The summed E-state index contributed by atoms with van der Waals surface area (Å²) in [4.78, 5) is 4.42. The maximum absolute atomic E-state index is 13.9. The molecule has 2 rings (SSSR count). The average molecular weight is 359 g/mol. The van der Waals surface area contributed by atoms with E-state index < -0.39 is 6.10 Å². The molecule has 0 radical (unpaired) electrons. The van der Waals surface area contributed by atoms with E-state index in [1.165, 1.54) is 6.07 Å². The van der Waals surface area contributed by atoms with Crippen molar-refractivity contribution < 1.29 is 14.2 Å². The molecule has 1 unspecified atom stereocenters. The largest absolute Gasteiger partial charge is 0.389 e. The van der Waals surface area contributed by atoms with Crippen molar-refractivity contribution in [2.45, 2.75) is 26.5 Å². The summed E-state index contributed by atoms with van der Waals surface area (Å²) in [5.74, 6) is 0.230. The number of hydrogen-bond acceptors (Lipinski definition) is 4. The quantitative estimate of drug-likeness (QED) is 0.775. The Balaban J connectivity index is 1.71. The molecule has 4 nitrogen and oxygen atoms in total. The number of halogens is 2. The Morgan fingerprint density at radius 1 is 1.17 bits per heavy atom. The molecule has 0 saturated carbocycles. The summed E-state index contributed by atoms with van der Waals surface area (Å²) in [7, 11) is 0. The van der Waals surface area contributed by atoms with Gasteiger partial charge >= 0.3 is 0 Å². The van der Waals surface area contributed by atoms with E-state index in [0.29, 0.717) is 42.8 Å². The fraction of sp³-hybridized carbons (Fsp3) is 0.667. The Hall–Kier alpha value is -0.720. The van der Waals surface area contributed by atoms with Gasteiger partial charge in [0.25, 0.3) is 0 Å². The zero-order chi connectivity index (χ0) is 17.5. The molecule has 6 heteroatoms. The first kappa shape index (κ1) is 19.6. The first-order valence-corrected chi connectivity index (χ1v) is 8.97. The highest BCUT2D eigenvalue weighted by molar-refractivity contribution is 6.31. The van der Waals surface area contributed by atoms with Gasteiger partial charge in [-0.05, 0) is 18.1 Å². The number of aliphatic hydroxyl groups is 1. The molecule has 24 heavy (non-hydrogen) atoms. The molecule has 0 aliphatic carbocycles. The number of hydrogen-bond donors (Lipinski definition) is 1. The van der Waals surface area contributed by atoms with Gasteiger partial charge in [0.15, 0.2) is 0 Å². The van der Waals surface area contributed by atoms with E-state index in [1.807, 2.05) is 0 Å². The Bertz CT molecular complexity index is 488. The van der Waals surface area contributed by atoms with Crippen LogP contribution in [0.2, 0.25) is 5.02 Å². The highest BCUT2D eigenvalue weighted by Crippen LogP contribution is 2.21. The highest BCUT2D eigenvalue weighted by atomic mass is 35.5. The van der Waals surface area contributed by atoms with Gasteiger partial charge in [0, 0.05) is 56.5 Å². The zero-order valence-electron chi connectivity index (χ0n) is 14.5. The maximum atomic E-state index is 13.9. The minimum Gasteiger partial charge on any atom is -0.389 e. The summed E-state index contributed by atoms with van der Waals surface area (Å²) < 4.78 is 19.3. The van der Waals surface area contributed by atoms with Gasteiger partial charge in [-0.15, -0.1) is 0 Å². The van der Waals surface area contributed by atoms with Gasteiger partial charge in [0.1, 0.15) is 5.82 Å². The van der Waals surface area contributed by atoms with Crippen molar-refractivity contribution in [3.63, 3.8) is 0 Å². The summed E-state index contributed by atoms with van der Waals surface area (Å²) >= 11 is 6.09. The van der Waals surface area contributed by atoms with Gasteiger partial charge in [-0.2, -0.15) is 0 Å². The van der Waals surface area contributed by atoms with Gasteiger partial charge in [-0.3, -0.25) is 9.80 Å². The molecule has 1 aliphatic heterocycles. The van der Waals surface area contributed by atoms with E-state index in [4.69, 9.17) is 16.3 Å². The summed E-state index contributed by atoms with van der Waals surface area (Å²) in [6, 6.07) is 4.80. The van der Waals surface area contributed by atoms with Crippen molar-refractivity contribution >= 4 is 11.6 Å².